The van der Waals surface area contributed by atoms with Gasteiger partial charge in [0, 0.05) is 6.54 Å². The van der Waals surface area contributed by atoms with Crippen molar-refractivity contribution in [2.45, 2.75) is 25.3 Å². The summed E-state index contributed by atoms with van der Waals surface area (Å²) in [6.45, 7) is 0.409. The highest BCUT2D eigenvalue weighted by Gasteiger charge is 2.32. The smallest absolute Gasteiger partial charge is 0.235 e. The van der Waals surface area contributed by atoms with E-state index in [4.69, 9.17) is 5.73 Å². The molecule has 0 radical (unpaired) electrons. The zero-order chi connectivity index (χ0) is 10.1. The van der Waals surface area contributed by atoms with E-state index in [0.717, 1.165) is 19.1 Å². The minimum Gasteiger partial charge on any atom is -0.368 e. The Morgan fingerprint density at radius 3 is 2.46 bits per heavy atom. The maximum Gasteiger partial charge on any atom is 0.235 e. The molecule has 0 bridgehead atoms. The molecule has 76 valence electrons. The first-order valence-electron chi connectivity index (χ1n) is 4.19. The number of carbonyl (C=O) groups is 1. The minimum absolute atomic E-state index is 0.409. The summed E-state index contributed by atoms with van der Waals surface area (Å²) in [6, 6.07) is -0.635. The minimum atomic E-state index is -3.29. The third kappa shape index (κ3) is 2.41. The van der Waals surface area contributed by atoms with Gasteiger partial charge in [0.2, 0.25) is 15.9 Å². The number of nitrogens with zero attached hydrogens (tertiary/aromatic N) is 1. The molecular formula is C7H14N2O3S. The van der Waals surface area contributed by atoms with Crippen molar-refractivity contribution in [3.05, 3.63) is 0 Å². The molecule has 0 aliphatic carbocycles. The lowest BCUT2D eigenvalue weighted by Gasteiger charge is -2.31. The molecular weight excluding hydrogens is 192 g/mol. The van der Waals surface area contributed by atoms with E-state index in [9.17, 15) is 13.2 Å². The second kappa shape index (κ2) is 3.63. The molecule has 1 amide bonds. The van der Waals surface area contributed by atoms with Gasteiger partial charge in [-0.1, -0.05) is 6.42 Å². The van der Waals surface area contributed by atoms with Crippen LogP contribution in [0, 0.1) is 0 Å². The van der Waals surface area contributed by atoms with Gasteiger partial charge in [0.25, 0.3) is 0 Å². The highest BCUT2D eigenvalue weighted by atomic mass is 32.2. The van der Waals surface area contributed by atoms with Gasteiger partial charge in [-0.3, -0.25) is 4.79 Å². The average molecular weight is 206 g/mol. The second-order valence-corrected chi connectivity index (χ2v) is 5.22. The number of hydrogen-bond donors (Lipinski definition) is 1. The van der Waals surface area contributed by atoms with Crippen LogP contribution in [0.1, 0.15) is 19.3 Å². The van der Waals surface area contributed by atoms with Crippen molar-refractivity contribution in [3.63, 3.8) is 0 Å². The fourth-order valence-corrected chi connectivity index (χ4v) is 2.72. The van der Waals surface area contributed by atoms with Crippen molar-refractivity contribution < 1.29 is 13.2 Å². The molecule has 1 saturated heterocycles. The lowest BCUT2D eigenvalue weighted by molar-refractivity contribution is -0.122. The van der Waals surface area contributed by atoms with Gasteiger partial charge >= 0.3 is 0 Å². The Kier molecular flexibility index (Phi) is 2.92. The first-order valence-corrected chi connectivity index (χ1v) is 6.04. The second-order valence-electron chi connectivity index (χ2n) is 3.29. The van der Waals surface area contributed by atoms with Crippen molar-refractivity contribution in [1.29, 1.82) is 0 Å². The van der Waals surface area contributed by atoms with Crippen LogP contribution < -0.4 is 5.73 Å². The van der Waals surface area contributed by atoms with Gasteiger partial charge < -0.3 is 5.73 Å². The number of sulfonamides is 1. The molecule has 13 heavy (non-hydrogen) atoms. The number of carbonyl (C=O) groups excluding carboxylic acids is 1. The van der Waals surface area contributed by atoms with Crippen molar-refractivity contribution in [1.82, 2.24) is 4.31 Å². The molecule has 1 aliphatic rings. The van der Waals surface area contributed by atoms with Crippen LogP contribution in [0.5, 0.6) is 0 Å². The Balaban J connectivity index is 2.86. The standard InChI is InChI=1S/C7H14N2O3S/c1-13(11,12)9-5-3-2-4-6(9)7(8)10/h6H,2-5H2,1H3,(H2,8,10)/t6-/m1/s1. The number of nitrogens with two attached hydrogens (primary N) is 1. The van der Waals surface area contributed by atoms with Gasteiger partial charge in [0.15, 0.2) is 0 Å². The summed E-state index contributed by atoms with van der Waals surface area (Å²) in [4.78, 5) is 10.9. The Hall–Kier alpha value is -0.620. The zero-order valence-electron chi connectivity index (χ0n) is 7.56. The third-order valence-corrected chi connectivity index (χ3v) is 3.50. The quantitative estimate of drug-likeness (QED) is 0.647. The Bertz CT molecular complexity index is 299. The molecule has 0 unspecified atom stereocenters. The summed E-state index contributed by atoms with van der Waals surface area (Å²) in [5.74, 6) is -0.551. The van der Waals surface area contributed by atoms with Crippen LogP contribution >= 0.6 is 0 Å². The van der Waals surface area contributed by atoms with Crippen LogP contribution in [0.2, 0.25) is 0 Å². The molecule has 0 aromatic rings. The van der Waals surface area contributed by atoms with Gasteiger partial charge in [-0.25, -0.2) is 8.42 Å². The Labute approximate surface area is 77.9 Å². The SMILES string of the molecule is CS(=O)(=O)N1CCCC[C@@H]1C(N)=O. The number of hydrogen-bond acceptors (Lipinski definition) is 3. The predicted molar refractivity (Wildman–Crippen MR) is 48.4 cm³/mol. The van der Waals surface area contributed by atoms with E-state index in [0.29, 0.717) is 13.0 Å². The number of amides is 1. The highest BCUT2D eigenvalue weighted by molar-refractivity contribution is 7.88. The summed E-state index contributed by atoms with van der Waals surface area (Å²) in [7, 11) is -3.29. The van der Waals surface area contributed by atoms with Gasteiger partial charge in [-0.05, 0) is 12.8 Å². The van der Waals surface area contributed by atoms with Crippen molar-refractivity contribution >= 4 is 15.9 Å². The van der Waals surface area contributed by atoms with E-state index < -0.39 is 22.0 Å². The lowest BCUT2D eigenvalue weighted by atomic mass is 10.0. The first kappa shape index (κ1) is 10.5. The summed E-state index contributed by atoms with van der Waals surface area (Å²) in [5.41, 5.74) is 5.11. The molecule has 0 aromatic heterocycles. The van der Waals surface area contributed by atoms with E-state index in [-0.39, 0.29) is 0 Å². The van der Waals surface area contributed by atoms with Crippen molar-refractivity contribution in [3.8, 4) is 0 Å². The van der Waals surface area contributed by atoms with Crippen LogP contribution in [0.25, 0.3) is 0 Å². The molecule has 1 rings (SSSR count). The monoisotopic (exact) mass is 206 g/mol. The van der Waals surface area contributed by atoms with E-state index in [1.165, 1.54) is 4.31 Å². The molecule has 1 aliphatic heterocycles. The topological polar surface area (TPSA) is 80.5 Å². The van der Waals surface area contributed by atoms with E-state index in [2.05, 4.69) is 0 Å². The van der Waals surface area contributed by atoms with Crippen molar-refractivity contribution in [2.24, 2.45) is 5.73 Å². The van der Waals surface area contributed by atoms with E-state index in [1.807, 2.05) is 0 Å². The van der Waals surface area contributed by atoms with Crippen LogP contribution in [0.4, 0.5) is 0 Å². The van der Waals surface area contributed by atoms with Crippen LogP contribution in [-0.4, -0.2) is 37.5 Å². The zero-order valence-corrected chi connectivity index (χ0v) is 8.38. The van der Waals surface area contributed by atoms with Gasteiger partial charge in [0.05, 0.1) is 6.26 Å². The van der Waals surface area contributed by atoms with Gasteiger partial charge in [0.1, 0.15) is 6.04 Å². The lowest BCUT2D eigenvalue weighted by Crippen LogP contribution is -2.49. The third-order valence-electron chi connectivity index (χ3n) is 2.21. The number of piperidine rings is 1. The molecule has 0 spiro atoms. The fourth-order valence-electron chi connectivity index (χ4n) is 1.59. The normalized spacial score (nSPS) is 25.8. The molecule has 5 nitrogen and oxygen atoms in total. The molecule has 1 fully saturated rings. The fraction of sp³-hybridized carbons (Fsp3) is 0.857. The summed E-state index contributed by atoms with van der Waals surface area (Å²) < 4.78 is 23.6. The van der Waals surface area contributed by atoms with Crippen LogP contribution in [-0.2, 0) is 14.8 Å². The predicted octanol–water partition coefficient (Wildman–Crippen LogP) is -0.714. The van der Waals surface area contributed by atoms with E-state index >= 15 is 0 Å². The number of rotatable bonds is 2. The highest BCUT2D eigenvalue weighted by Crippen LogP contribution is 2.19. The molecule has 6 heteroatoms. The van der Waals surface area contributed by atoms with Crippen LogP contribution in [0.3, 0.4) is 0 Å². The summed E-state index contributed by atoms with van der Waals surface area (Å²) >= 11 is 0. The first-order chi connectivity index (χ1) is 5.93. The van der Waals surface area contributed by atoms with Crippen LogP contribution in [0.15, 0.2) is 0 Å². The molecule has 0 aromatic carbocycles. The summed E-state index contributed by atoms with van der Waals surface area (Å²) in [6.07, 6.45) is 3.31. The molecule has 1 heterocycles. The maximum atomic E-state index is 11.2. The van der Waals surface area contributed by atoms with E-state index in [1.54, 1.807) is 0 Å². The van der Waals surface area contributed by atoms with Gasteiger partial charge in [-0.2, -0.15) is 4.31 Å². The van der Waals surface area contributed by atoms with Crippen molar-refractivity contribution in [2.75, 3.05) is 12.8 Å². The largest absolute Gasteiger partial charge is 0.368 e. The Morgan fingerprint density at radius 1 is 1.46 bits per heavy atom. The molecule has 0 saturated carbocycles. The van der Waals surface area contributed by atoms with Gasteiger partial charge in [-0.15, -0.1) is 0 Å². The number of primary amides is 1. The molecule has 1 atom stereocenters. The maximum absolute atomic E-state index is 11.2. The Morgan fingerprint density at radius 2 is 2.08 bits per heavy atom. The molecule has 2 N–H and O–H groups in total. The average Bonchev–Trinajstić information content (AvgIpc) is 2.03. The summed E-state index contributed by atoms with van der Waals surface area (Å²) in [5, 5.41) is 0.